The van der Waals surface area contributed by atoms with Crippen molar-refractivity contribution in [2.75, 3.05) is 6.54 Å². The first-order valence-electron chi connectivity index (χ1n) is 13.6. The molecule has 1 saturated heterocycles. The fourth-order valence-corrected chi connectivity index (χ4v) is 7.91. The molecule has 1 heterocycles. The molecule has 200 valence electrons. The molecule has 0 spiro atoms. The van der Waals surface area contributed by atoms with E-state index in [-0.39, 0.29) is 23.8 Å². The molecule has 3 aromatic rings. The summed E-state index contributed by atoms with van der Waals surface area (Å²) in [6.07, 6.45) is 2.40. The lowest BCUT2D eigenvalue weighted by atomic mass is 9.54. The molecule has 2 bridgehead atoms. The Labute approximate surface area is 238 Å². The van der Waals surface area contributed by atoms with E-state index in [9.17, 15) is 14.4 Å². The highest BCUT2D eigenvalue weighted by Gasteiger charge is 2.72. The van der Waals surface area contributed by atoms with Gasteiger partial charge in [-0.2, -0.15) is 0 Å². The van der Waals surface area contributed by atoms with Gasteiger partial charge in [-0.05, 0) is 47.6 Å². The number of nitrogens with one attached hydrogen (secondary N) is 1. The van der Waals surface area contributed by atoms with Crippen molar-refractivity contribution in [2.45, 2.75) is 48.4 Å². The van der Waals surface area contributed by atoms with Gasteiger partial charge in [-0.15, -0.1) is 23.2 Å². The summed E-state index contributed by atoms with van der Waals surface area (Å²) in [5.41, 5.74) is 4.28. The van der Waals surface area contributed by atoms with Gasteiger partial charge in [0.2, 0.25) is 17.7 Å². The maximum Gasteiger partial charge on any atom is 0.235 e. The van der Waals surface area contributed by atoms with Gasteiger partial charge in [0.1, 0.15) is 9.75 Å². The molecule has 39 heavy (non-hydrogen) atoms. The summed E-state index contributed by atoms with van der Waals surface area (Å²) in [6, 6.07) is 25.1. The second kappa shape index (κ2) is 9.79. The van der Waals surface area contributed by atoms with E-state index in [2.05, 4.69) is 5.32 Å². The highest BCUT2D eigenvalue weighted by atomic mass is 35.5. The molecule has 3 atom stereocenters. The number of benzene rings is 3. The second-order valence-corrected chi connectivity index (χ2v) is 12.0. The Morgan fingerprint density at radius 3 is 1.72 bits per heavy atom. The van der Waals surface area contributed by atoms with Gasteiger partial charge in [0.25, 0.3) is 0 Å². The second-order valence-electron chi connectivity index (χ2n) is 10.8. The molecule has 0 unspecified atom stereocenters. The minimum absolute atomic E-state index is 0.00837. The molecule has 0 saturated carbocycles. The van der Waals surface area contributed by atoms with Crippen LogP contribution in [0.5, 0.6) is 0 Å². The monoisotopic (exact) mass is 560 g/mol. The molecule has 3 aliphatic carbocycles. The van der Waals surface area contributed by atoms with E-state index >= 15 is 0 Å². The first-order valence-corrected chi connectivity index (χ1v) is 14.3. The standard InChI is InChI=1S/C32H30Cl2N2O3/c1-20(21-12-4-2-5-13-21)35-26(37)18-6-3-11-19-36-29(38)27-28(30(36)39)32(34)23-15-8-7-14-22(23)31(27,33)24-16-9-10-17-25(24)32/h2,4-5,7-10,12-17,20,27-28H,3,6,11,18-19H2,1H3,(H,35,37)/t20-,27-,28-,31?,32?/m0/s1. The third-order valence-electron chi connectivity index (χ3n) is 8.64. The van der Waals surface area contributed by atoms with Gasteiger partial charge in [-0.1, -0.05) is 85.3 Å². The number of hydrogen-bond donors (Lipinski definition) is 1. The third-order valence-corrected chi connectivity index (χ3v) is 9.92. The number of halogens is 2. The normalized spacial score (nSPS) is 27.1. The summed E-state index contributed by atoms with van der Waals surface area (Å²) in [4.78, 5) is 39.2. The zero-order valence-electron chi connectivity index (χ0n) is 21.7. The number of nitrogens with zero attached hydrogens (tertiary/aromatic N) is 1. The van der Waals surface area contributed by atoms with Gasteiger partial charge < -0.3 is 5.32 Å². The van der Waals surface area contributed by atoms with Crippen molar-refractivity contribution in [3.05, 3.63) is 107 Å². The zero-order chi connectivity index (χ0) is 27.4. The Kier molecular flexibility index (Phi) is 6.55. The summed E-state index contributed by atoms with van der Waals surface area (Å²) in [5.74, 6) is -2.06. The Morgan fingerprint density at radius 1 is 0.769 bits per heavy atom. The molecule has 3 amide bonds. The fraction of sp³-hybridized carbons (Fsp3) is 0.344. The number of unbranched alkanes of at least 4 members (excludes halogenated alkanes) is 2. The van der Waals surface area contributed by atoms with Crippen LogP contribution in [0.2, 0.25) is 0 Å². The molecule has 7 heteroatoms. The van der Waals surface area contributed by atoms with Gasteiger partial charge in [0.05, 0.1) is 17.9 Å². The smallest absolute Gasteiger partial charge is 0.235 e. The van der Waals surface area contributed by atoms with Crippen LogP contribution in [0.3, 0.4) is 0 Å². The zero-order valence-corrected chi connectivity index (χ0v) is 23.2. The average Bonchev–Trinajstić information content (AvgIpc) is 3.22. The SMILES string of the molecule is C[C@H](NC(=O)CCCCCN1C(=O)[C@@H]2[C@@H](C1=O)C1(Cl)c3ccccc3C2(Cl)c2ccccc21)c1ccccc1. The topological polar surface area (TPSA) is 66.5 Å². The van der Waals surface area contributed by atoms with E-state index in [4.69, 9.17) is 23.2 Å². The van der Waals surface area contributed by atoms with Crippen LogP contribution >= 0.6 is 23.2 Å². The number of imide groups is 1. The molecule has 3 aromatic carbocycles. The van der Waals surface area contributed by atoms with Crippen molar-refractivity contribution >= 4 is 40.9 Å². The Balaban J connectivity index is 1.14. The van der Waals surface area contributed by atoms with Crippen molar-refractivity contribution in [1.29, 1.82) is 0 Å². The number of likely N-dealkylation sites (tertiary alicyclic amines) is 1. The maximum atomic E-state index is 13.8. The molecule has 1 fully saturated rings. The summed E-state index contributed by atoms with van der Waals surface area (Å²) >= 11 is 14.9. The van der Waals surface area contributed by atoms with Crippen LogP contribution in [0.25, 0.3) is 0 Å². The van der Waals surface area contributed by atoms with Crippen LogP contribution in [0.1, 0.15) is 66.5 Å². The molecule has 7 rings (SSSR count). The summed E-state index contributed by atoms with van der Waals surface area (Å²) in [7, 11) is 0. The largest absolute Gasteiger partial charge is 0.350 e. The molecule has 0 aromatic heterocycles. The number of carbonyl (C=O) groups is 3. The minimum Gasteiger partial charge on any atom is -0.350 e. The van der Waals surface area contributed by atoms with Crippen molar-refractivity contribution in [3.8, 4) is 0 Å². The van der Waals surface area contributed by atoms with Crippen molar-refractivity contribution in [2.24, 2.45) is 11.8 Å². The van der Waals surface area contributed by atoms with Crippen LogP contribution in [0.4, 0.5) is 0 Å². The molecule has 5 nitrogen and oxygen atoms in total. The van der Waals surface area contributed by atoms with E-state index < -0.39 is 21.6 Å². The number of alkyl halides is 2. The molecule has 1 N–H and O–H groups in total. The fourth-order valence-electron chi connectivity index (χ4n) is 6.82. The van der Waals surface area contributed by atoms with Gasteiger partial charge in [0.15, 0.2) is 0 Å². The first-order chi connectivity index (χ1) is 18.8. The van der Waals surface area contributed by atoms with Gasteiger partial charge in [-0.3, -0.25) is 19.3 Å². The van der Waals surface area contributed by atoms with Gasteiger partial charge in [-0.25, -0.2) is 0 Å². The lowest BCUT2D eigenvalue weighted by molar-refractivity contribution is -0.140. The lowest BCUT2D eigenvalue weighted by Gasteiger charge is -2.54. The lowest BCUT2D eigenvalue weighted by Crippen LogP contribution is -2.57. The Hall–Kier alpha value is -3.15. The number of carbonyl (C=O) groups excluding carboxylic acids is 3. The van der Waals surface area contributed by atoms with Gasteiger partial charge in [0, 0.05) is 13.0 Å². The Morgan fingerprint density at radius 2 is 1.23 bits per heavy atom. The van der Waals surface area contributed by atoms with Crippen LogP contribution in [0, 0.1) is 11.8 Å². The van der Waals surface area contributed by atoms with E-state index in [0.717, 1.165) is 34.2 Å². The van der Waals surface area contributed by atoms with Crippen LogP contribution in [0.15, 0.2) is 78.9 Å². The maximum absolute atomic E-state index is 13.8. The quantitative estimate of drug-likeness (QED) is 0.208. The highest BCUT2D eigenvalue weighted by Crippen LogP contribution is 2.69. The van der Waals surface area contributed by atoms with E-state index in [1.165, 1.54) is 4.90 Å². The van der Waals surface area contributed by atoms with E-state index in [1.54, 1.807) is 0 Å². The average molecular weight is 562 g/mol. The summed E-state index contributed by atoms with van der Waals surface area (Å²) in [6.45, 7) is 2.26. The van der Waals surface area contributed by atoms with Crippen LogP contribution < -0.4 is 5.32 Å². The predicted molar refractivity (Wildman–Crippen MR) is 151 cm³/mol. The van der Waals surface area contributed by atoms with E-state index in [0.29, 0.717) is 25.8 Å². The number of amides is 3. The molecule has 0 radical (unpaired) electrons. The van der Waals surface area contributed by atoms with Crippen molar-refractivity contribution < 1.29 is 14.4 Å². The predicted octanol–water partition coefficient (Wildman–Crippen LogP) is 6.02. The van der Waals surface area contributed by atoms with Crippen LogP contribution in [-0.4, -0.2) is 29.2 Å². The molecule has 4 aliphatic rings. The summed E-state index contributed by atoms with van der Waals surface area (Å²) < 4.78 is 0. The minimum atomic E-state index is -1.15. The van der Waals surface area contributed by atoms with Crippen molar-refractivity contribution in [3.63, 3.8) is 0 Å². The Bertz CT molecular complexity index is 1340. The number of rotatable bonds is 8. The van der Waals surface area contributed by atoms with Crippen molar-refractivity contribution in [1.82, 2.24) is 10.2 Å². The molecular weight excluding hydrogens is 531 g/mol. The highest BCUT2D eigenvalue weighted by molar-refractivity contribution is 6.36. The third kappa shape index (κ3) is 3.85. The first kappa shape index (κ1) is 26.1. The van der Waals surface area contributed by atoms with E-state index in [1.807, 2.05) is 85.8 Å². The van der Waals surface area contributed by atoms with Crippen LogP contribution in [-0.2, 0) is 24.1 Å². The number of hydrogen-bond acceptors (Lipinski definition) is 3. The molecular formula is C32H30Cl2N2O3. The molecule has 1 aliphatic heterocycles. The van der Waals surface area contributed by atoms with Gasteiger partial charge >= 0.3 is 0 Å². The summed E-state index contributed by atoms with van der Waals surface area (Å²) in [5, 5.41) is 3.03.